The fraction of sp³-hybridized carbons (Fsp3) is 0.611. The number of amides is 1. The van der Waals surface area contributed by atoms with Gasteiger partial charge in [0.2, 0.25) is 0 Å². The van der Waals surface area contributed by atoms with Gasteiger partial charge < -0.3 is 14.5 Å². The first-order valence-electron chi connectivity index (χ1n) is 8.54. The number of hydrogen-bond donors (Lipinski definition) is 0. The number of ether oxygens (including phenoxy) is 1. The van der Waals surface area contributed by atoms with Crippen LogP contribution in [-0.2, 0) is 0 Å². The quantitative estimate of drug-likeness (QED) is 0.838. The third kappa shape index (κ3) is 3.43. The van der Waals surface area contributed by atoms with Crippen molar-refractivity contribution in [3.05, 3.63) is 29.8 Å². The van der Waals surface area contributed by atoms with Crippen molar-refractivity contribution in [1.29, 1.82) is 0 Å². The second-order valence-electron chi connectivity index (χ2n) is 6.26. The van der Waals surface area contributed by atoms with Gasteiger partial charge in [-0.1, -0.05) is 6.07 Å². The molecule has 120 valence electrons. The van der Waals surface area contributed by atoms with Crippen LogP contribution in [0.1, 0.15) is 43.0 Å². The predicted octanol–water partition coefficient (Wildman–Crippen LogP) is 2.79. The highest BCUT2D eigenvalue weighted by atomic mass is 16.5. The Morgan fingerprint density at radius 3 is 2.82 bits per heavy atom. The summed E-state index contributed by atoms with van der Waals surface area (Å²) < 4.78 is 5.51. The molecule has 2 saturated heterocycles. The molecule has 1 atom stereocenters. The number of likely N-dealkylation sites (tertiary alicyclic amines) is 2. The van der Waals surface area contributed by atoms with Crippen LogP contribution in [0.25, 0.3) is 0 Å². The van der Waals surface area contributed by atoms with Gasteiger partial charge in [-0.05, 0) is 63.9 Å². The van der Waals surface area contributed by atoms with Crippen molar-refractivity contribution in [2.45, 2.75) is 38.6 Å². The van der Waals surface area contributed by atoms with Crippen LogP contribution >= 0.6 is 0 Å². The number of nitrogens with zero attached hydrogens (tertiary/aromatic N) is 2. The molecule has 0 unspecified atom stereocenters. The van der Waals surface area contributed by atoms with E-state index in [-0.39, 0.29) is 5.91 Å². The molecule has 0 saturated carbocycles. The molecular weight excluding hydrogens is 276 g/mol. The van der Waals surface area contributed by atoms with Gasteiger partial charge in [-0.2, -0.15) is 0 Å². The van der Waals surface area contributed by atoms with Gasteiger partial charge in [0.25, 0.3) is 5.91 Å². The van der Waals surface area contributed by atoms with Gasteiger partial charge in [0.15, 0.2) is 0 Å². The minimum absolute atomic E-state index is 0.156. The van der Waals surface area contributed by atoms with Crippen molar-refractivity contribution in [3.63, 3.8) is 0 Å². The van der Waals surface area contributed by atoms with E-state index in [4.69, 9.17) is 4.74 Å². The second kappa shape index (κ2) is 7.14. The van der Waals surface area contributed by atoms with Gasteiger partial charge >= 0.3 is 0 Å². The Labute approximate surface area is 133 Å². The summed E-state index contributed by atoms with van der Waals surface area (Å²) in [6.07, 6.45) is 4.86. The van der Waals surface area contributed by atoms with Crippen molar-refractivity contribution in [1.82, 2.24) is 9.80 Å². The highest BCUT2D eigenvalue weighted by molar-refractivity contribution is 5.95. The molecule has 0 bridgehead atoms. The minimum atomic E-state index is 0.156. The summed E-state index contributed by atoms with van der Waals surface area (Å²) in [7, 11) is 0. The van der Waals surface area contributed by atoms with Crippen LogP contribution in [0, 0.1) is 0 Å². The molecule has 0 N–H and O–H groups in total. The van der Waals surface area contributed by atoms with Crippen molar-refractivity contribution in [2.24, 2.45) is 0 Å². The fourth-order valence-corrected chi connectivity index (χ4v) is 3.61. The first-order valence-corrected chi connectivity index (χ1v) is 8.54. The summed E-state index contributed by atoms with van der Waals surface area (Å²) in [6, 6.07) is 7.96. The minimum Gasteiger partial charge on any atom is -0.494 e. The number of hydrogen-bond acceptors (Lipinski definition) is 3. The van der Waals surface area contributed by atoms with Crippen molar-refractivity contribution in [3.8, 4) is 5.75 Å². The van der Waals surface area contributed by atoms with E-state index in [9.17, 15) is 4.79 Å². The zero-order valence-corrected chi connectivity index (χ0v) is 13.5. The predicted molar refractivity (Wildman–Crippen MR) is 87.3 cm³/mol. The average Bonchev–Trinajstić information content (AvgIpc) is 3.19. The first-order chi connectivity index (χ1) is 10.8. The van der Waals surface area contributed by atoms with Crippen LogP contribution in [0.3, 0.4) is 0 Å². The molecule has 2 fully saturated rings. The molecule has 2 aliphatic rings. The molecule has 1 aromatic carbocycles. The Hall–Kier alpha value is -1.55. The van der Waals surface area contributed by atoms with Gasteiger partial charge in [-0.15, -0.1) is 0 Å². The molecule has 2 heterocycles. The van der Waals surface area contributed by atoms with Gasteiger partial charge in [-0.25, -0.2) is 0 Å². The Morgan fingerprint density at radius 1 is 1.23 bits per heavy atom. The summed E-state index contributed by atoms with van der Waals surface area (Å²) in [6.45, 7) is 6.89. The van der Waals surface area contributed by atoms with Gasteiger partial charge in [0.1, 0.15) is 5.75 Å². The lowest BCUT2D eigenvalue weighted by atomic mass is 10.1. The van der Waals surface area contributed by atoms with Crippen LogP contribution in [0.5, 0.6) is 5.75 Å². The van der Waals surface area contributed by atoms with E-state index in [0.29, 0.717) is 12.6 Å². The van der Waals surface area contributed by atoms with E-state index in [2.05, 4.69) is 9.80 Å². The molecule has 2 aliphatic heterocycles. The van der Waals surface area contributed by atoms with Crippen molar-refractivity contribution < 1.29 is 9.53 Å². The van der Waals surface area contributed by atoms with Crippen LogP contribution in [0.15, 0.2) is 24.3 Å². The molecule has 0 aliphatic carbocycles. The summed E-state index contributed by atoms with van der Waals surface area (Å²) in [5, 5.41) is 0. The first kappa shape index (κ1) is 15.3. The van der Waals surface area contributed by atoms with Crippen LogP contribution < -0.4 is 4.74 Å². The molecule has 1 aromatic rings. The van der Waals surface area contributed by atoms with Crippen LogP contribution in [-0.4, -0.2) is 54.5 Å². The van der Waals surface area contributed by atoms with Crippen molar-refractivity contribution >= 4 is 5.91 Å². The summed E-state index contributed by atoms with van der Waals surface area (Å²) >= 11 is 0. The van der Waals surface area contributed by atoms with E-state index in [0.717, 1.165) is 37.2 Å². The Morgan fingerprint density at radius 2 is 2.05 bits per heavy atom. The van der Waals surface area contributed by atoms with E-state index >= 15 is 0 Å². The highest BCUT2D eigenvalue weighted by Gasteiger charge is 2.31. The molecular formula is C18H26N2O2. The Bertz CT molecular complexity index is 512. The van der Waals surface area contributed by atoms with E-state index in [1.165, 1.54) is 25.9 Å². The highest BCUT2D eigenvalue weighted by Crippen LogP contribution is 2.24. The number of carbonyl (C=O) groups is 1. The molecule has 4 nitrogen and oxygen atoms in total. The maximum absolute atomic E-state index is 12.8. The zero-order chi connectivity index (χ0) is 15.4. The monoisotopic (exact) mass is 302 g/mol. The lowest BCUT2D eigenvalue weighted by molar-refractivity contribution is 0.0708. The number of rotatable bonds is 5. The summed E-state index contributed by atoms with van der Waals surface area (Å²) in [5.74, 6) is 0.937. The number of benzene rings is 1. The molecule has 0 radical (unpaired) electrons. The number of carbonyl (C=O) groups excluding carboxylic acids is 1. The fourth-order valence-electron chi connectivity index (χ4n) is 3.61. The zero-order valence-electron chi connectivity index (χ0n) is 13.5. The van der Waals surface area contributed by atoms with E-state index < -0.39 is 0 Å². The topological polar surface area (TPSA) is 32.8 Å². The third-order valence-electron chi connectivity index (χ3n) is 4.70. The van der Waals surface area contributed by atoms with Crippen LogP contribution in [0.2, 0.25) is 0 Å². The maximum Gasteiger partial charge on any atom is 0.254 e. The second-order valence-corrected chi connectivity index (χ2v) is 6.26. The molecule has 3 rings (SSSR count). The SMILES string of the molecule is CCOc1cccc(C(=O)N2CCC[C@H]2CN2CCCC2)c1. The van der Waals surface area contributed by atoms with Gasteiger partial charge in [0.05, 0.1) is 6.61 Å². The largest absolute Gasteiger partial charge is 0.494 e. The van der Waals surface area contributed by atoms with Gasteiger partial charge in [-0.3, -0.25) is 4.79 Å². The van der Waals surface area contributed by atoms with Crippen LogP contribution in [0.4, 0.5) is 0 Å². The van der Waals surface area contributed by atoms with E-state index in [1.54, 1.807) is 0 Å². The average molecular weight is 302 g/mol. The van der Waals surface area contributed by atoms with E-state index in [1.807, 2.05) is 31.2 Å². The van der Waals surface area contributed by atoms with Crippen molar-refractivity contribution in [2.75, 3.05) is 32.8 Å². The maximum atomic E-state index is 12.8. The molecule has 0 aromatic heterocycles. The Balaban J connectivity index is 1.68. The smallest absolute Gasteiger partial charge is 0.254 e. The molecule has 0 spiro atoms. The summed E-state index contributed by atoms with van der Waals surface area (Å²) in [5.41, 5.74) is 0.749. The lowest BCUT2D eigenvalue weighted by Crippen LogP contribution is -2.42. The van der Waals surface area contributed by atoms with Gasteiger partial charge in [0, 0.05) is 24.7 Å². The standard InChI is InChI=1S/C18H26N2O2/c1-2-22-17-9-5-7-15(13-17)18(21)20-12-6-8-16(20)14-19-10-3-4-11-19/h5,7,9,13,16H,2-4,6,8,10-12,14H2,1H3/t16-/m0/s1. The molecule has 22 heavy (non-hydrogen) atoms. The third-order valence-corrected chi connectivity index (χ3v) is 4.70. The Kier molecular flexibility index (Phi) is 4.98. The summed E-state index contributed by atoms with van der Waals surface area (Å²) in [4.78, 5) is 17.4. The molecule has 4 heteroatoms. The lowest BCUT2D eigenvalue weighted by Gasteiger charge is -2.28. The molecule has 1 amide bonds. The normalized spacial score (nSPS) is 22.2.